The standard InChI is InChI=1S/C17H29N3O/c1-5-13-20(14-6-2)17(21)11-12-18-15-7-9-16(10-8-15)19(3)4/h7-10,18H,5-6,11-14H2,1-4H3. The van der Waals surface area contributed by atoms with Crippen LogP contribution in [-0.4, -0.2) is 44.5 Å². The van der Waals surface area contributed by atoms with Gasteiger partial charge in [-0.15, -0.1) is 0 Å². The summed E-state index contributed by atoms with van der Waals surface area (Å²) < 4.78 is 0. The topological polar surface area (TPSA) is 35.6 Å². The number of hydrogen-bond acceptors (Lipinski definition) is 3. The minimum Gasteiger partial charge on any atom is -0.385 e. The predicted molar refractivity (Wildman–Crippen MR) is 91.0 cm³/mol. The van der Waals surface area contributed by atoms with E-state index in [2.05, 4.69) is 48.3 Å². The highest BCUT2D eigenvalue weighted by atomic mass is 16.2. The van der Waals surface area contributed by atoms with Gasteiger partial charge in [0.1, 0.15) is 0 Å². The molecule has 0 spiro atoms. The normalized spacial score (nSPS) is 10.3. The van der Waals surface area contributed by atoms with Crippen LogP contribution in [0.2, 0.25) is 0 Å². The first-order valence-corrected chi connectivity index (χ1v) is 7.87. The first-order valence-electron chi connectivity index (χ1n) is 7.87. The Labute approximate surface area is 129 Å². The molecular formula is C17H29N3O. The molecule has 0 atom stereocenters. The fourth-order valence-corrected chi connectivity index (χ4v) is 2.25. The summed E-state index contributed by atoms with van der Waals surface area (Å²) in [6.07, 6.45) is 2.59. The van der Waals surface area contributed by atoms with E-state index in [0.717, 1.165) is 31.6 Å². The van der Waals surface area contributed by atoms with Gasteiger partial charge in [0.15, 0.2) is 0 Å². The fraction of sp³-hybridized carbons (Fsp3) is 0.588. The Morgan fingerprint density at radius 3 is 2.10 bits per heavy atom. The lowest BCUT2D eigenvalue weighted by atomic mass is 10.2. The minimum absolute atomic E-state index is 0.246. The molecule has 1 aromatic rings. The van der Waals surface area contributed by atoms with Crippen LogP contribution in [0, 0.1) is 0 Å². The van der Waals surface area contributed by atoms with Gasteiger partial charge in [-0.2, -0.15) is 0 Å². The Hall–Kier alpha value is -1.71. The maximum absolute atomic E-state index is 12.1. The summed E-state index contributed by atoms with van der Waals surface area (Å²) in [4.78, 5) is 16.2. The molecule has 1 amide bonds. The number of rotatable bonds is 9. The summed E-state index contributed by atoms with van der Waals surface area (Å²) in [5.41, 5.74) is 2.24. The van der Waals surface area contributed by atoms with E-state index in [-0.39, 0.29) is 5.91 Å². The number of carbonyl (C=O) groups is 1. The molecule has 0 saturated carbocycles. The average molecular weight is 291 g/mol. The molecule has 0 heterocycles. The predicted octanol–water partition coefficient (Wildman–Crippen LogP) is 3.20. The van der Waals surface area contributed by atoms with Gasteiger partial charge in [0.05, 0.1) is 0 Å². The molecule has 0 radical (unpaired) electrons. The van der Waals surface area contributed by atoms with Crippen LogP contribution in [-0.2, 0) is 4.79 Å². The third-order valence-corrected chi connectivity index (χ3v) is 3.39. The van der Waals surface area contributed by atoms with E-state index in [1.54, 1.807) is 0 Å². The van der Waals surface area contributed by atoms with Crippen molar-refractivity contribution in [3.63, 3.8) is 0 Å². The van der Waals surface area contributed by atoms with Crippen LogP contribution < -0.4 is 10.2 Å². The van der Waals surface area contributed by atoms with Crippen molar-refractivity contribution in [2.24, 2.45) is 0 Å². The number of benzene rings is 1. The van der Waals surface area contributed by atoms with Crippen molar-refractivity contribution in [3.8, 4) is 0 Å². The number of nitrogens with zero attached hydrogens (tertiary/aromatic N) is 2. The minimum atomic E-state index is 0.246. The number of amides is 1. The smallest absolute Gasteiger partial charge is 0.224 e. The van der Waals surface area contributed by atoms with Gasteiger partial charge >= 0.3 is 0 Å². The Bertz CT molecular complexity index is 409. The zero-order chi connectivity index (χ0) is 15.7. The van der Waals surface area contributed by atoms with Gasteiger partial charge < -0.3 is 15.1 Å². The first kappa shape index (κ1) is 17.3. The lowest BCUT2D eigenvalue weighted by Gasteiger charge is -2.21. The quantitative estimate of drug-likeness (QED) is 0.759. The second-order valence-corrected chi connectivity index (χ2v) is 5.50. The van der Waals surface area contributed by atoms with Gasteiger partial charge in [-0.3, -0.25) is 4.79 Å². The van der Waals surface area contributed by atoms with Crippen molar-refractivity contribution in [2.75, 3.05) is 43.9 Å². The first-order chi connectivity index (χ1) is 10.1. The van der Waals surface area contributed by atoms with Crippen molar-refractivity contribution in [2.45, 2.75) is 33.1 Å². The van der Waals surface area contributed by atoms with Gasteiger partial charge in [0.25, 0.3) is 0 Å². The Morgan fingerprint density at radius 1 is 1.05 bits per heavy atom. The molecule has 0 bridgehead atoms. The lowest BCUT2D eigenvalue weighted by molar-refractivity contribution is -0.131. The zero-order valence-electron chi connectivity index (χ0n) is 13.9. The van der Waals surface area contributed by atoms with Crippen molar-refractivity contribution >= 4 is 17.3 Å². The number of anilines is 2. The van der Waals surface area contributed by atoms with Crippen LogP contribution in [0.25, 0.3) is 0 Å². The summed E-state index contributed by atoms with van der Waals surface area (Å²) >= 11 is 0. The molecule has 0 saturated heterocycles. The van der Waals surface area contributed by atoms with E-state index < -0.39 is 0 Å². The Balaban J connectivity index is 2.39. The summed E-state index contributed by atoms with van der Waals surface area (Å²) in [7, 11) is 4.05. The molecule has 4 heteroatoms. The lowest BCUT2D eigenvalue weighted by Crippen LogP contribution is -2.33. The molecular weight excluding hydrogens is 262 g/mol. The van der Waals surface area contributed by atoms with Crippen molar-refractivity contribution in [1.29, 1.82) is 0 Å². The maximum atomic E-state index is 12.1. The largest absolute Gasteiger partial charge is 0.385 e. The van der Waals surface area contributed by atoms with E-state index in [1.807, 2.05) is 19.0 Å². The monoisotopic (exact) mass is 291 g/mol. The van der Waals surface area contributed by atoms with Gasteiger partial charge in [0.2, 0.25) is 5.91 Å². The molecule has 0 aromatic heterocycles. The molecule has 1 rings (SSSR count). The molecule has 4 nitrogen and oxygen atoms in total. The third kappa shape index (κ3) is 6.06. The van der Waals surface area contributed by atoms with Gasteiger partial charge in [-0.25, -0.2) is 0 Å². The molecule has 0 unspecified atom stereocenters. The van der Waals surface area contributed by atoms with Crippen molar-refractivity contribution < 1.29 is 4.79 Å². The molecule has 118 valence electrons. The van der Waals surface area contributed by atoms with Gasteiger partial charge in [-0.1, -0.05) is 13.8 Å². The number of nitrogens with one attached hydrogen (secondary N) is 1. The second kappa shape index (κ2) is 9.27. The van der Waals surface area contributed by atoms with Crippen molar-refractivity contribution in [3.05, 3.63) is 24.3 Å². The molecule has 0 fully saturated rings. The maximum Gasteiger partial charge on any atom is 0.224 e. The van der Waals surface area contributed by atoms with Crippen LogP contribution in [0.15, 0.2) is 24.3 Å². The van der Waals surface area contributed by atoms with Gasteiger partial charge in [0, 0.05) is 51.5 Å². The summed E-state index contributed by atoms with van der Waals surface area (Å²) in [5.74, 6) is 0.246. The fourth-order valence-electron chi connectivity index (χ4n) is 2.25. The van der Waals surface area contributed by atoms with E-state index in [0.29, 0.717) is 13.0 Å². The van der Waals surface area contributed by atoms with Crippen LogP contribution in [0.1, 0.15) is 33.1 Å². The summed E-state index contributed by atoms with van der Waals surface area (Å²) in [6.45, 7) is 6.64. The van der Waals surface area contributed by atoms with Crippen LogP contribution in [0.4, 0.5) is 11.4 Å². The van der Waals surface area contributed by atoms with Crippen LogP contribution >= 0.6 is 0 Å². The summed E-state index contributed by atoms with van der Waals surface area (Å²) in [6, 6.07) is 8.25. The van der Waals surface area contributed by atoms with E-state index >= 15 is 0 Å². The van der Waals surface area contributed by atoms with Gasteiger partial charge in [-0.05, 0) is 37.1 Å². The molecule has 0 aliphatic rings. The van der Waals surface area contributed by atoms with Crippen LogP contribution in [0.3, 0.4) is 0 Å². The molecule has 0 aliphatic heterocycles. The van der Waals surface area contributed by atoms with E-state index in [1.165, 1.54) is 5.69 Å². The van der Waals surface area contributed by atoms with E-state index in [4.69, 9.17) is 0 Å². The SMILES string of the molecule is CCCN(CCC)C(=O)CCNc1ccc(N(C)C)cc1. The number of carbonyl (C=O) groups excluding carboxylic acids is 1. The molecule has 21 heavy (non-hydrogen) atoms. The second-order valence-electron chi connectivity index (χ2n) is 5.50. The Morgan fingerprint density at radius 2 is 1.62 bits per heavy atom. The zero-order valence-corrected chi connectivity index (χ0v) is 13.9. The summed E-state index contributed by atoms with van der Waals surface area (Å²) in [5, 5.41) is 3.31. The number of hydrogen-bond donors (Lipinski definition) is 1. The van der Waals surface area contributed by atoms with Crippen molar-refractivity contribution in [1.82, 2.24) is 4.90 Å². The highest BCUT2D eigenvalue weighted by molar-refractivity contribution is 5.76. The van der Waals surface area contributed by atoms with E-state index in [9.17, 15) is 4.79 Å². The highest BCUT2D eigenvalue weighted by Gasteiger charge is 2.10. The third-order valence-electron chi connectivity index (χ3n) is 3.39. The molecule has 0 aliphatic carbocycles. The molecule has 1 N–H and O–H groups in total. The highest BCUT2D eigenvalue weighted by Crippen LogP contribution is 2.15. The van der Waals surface area contributed by atoms with Crippen LogP contribution in [0.5, 0.6) is 0 Å². The Kier molecular flexibility index (Phi) is 7.65. The average Bonchev–Trinajstić information content (AvgIpc) is 2.47. The molecule has 1 aromatic carbocycles.